The third-order valence-corrected chi connectivity index (χ3v) is 5.11. The van der Waals surface area contributed by atoms with Crippen molar-refractivity contribution >= 4 is 17.5 Å². The van der Waals surface area contributed by atoms with Crippen LogP contribution in [0.3, 0.4) is 0 Å². The van der Waals surface area contributed by atoms with Crippen LogP contribution >= 0.6 is 0 Å². The average Bonchev–Trinajstić information content (AvgIpc) is 2.79. The van der Waals surface area contributed by atoms with Gasteiger partial charge >= 0.3 is 0 Å². The molecular formula is C23H24N4O2. The van der Waals surface area contributed by atoms with Crippen molar-refractivity contribution in [2.75, 3.05) is 30.4 Å². The third-order valence-electron chi connectivity index (χ3n) is 5.11. The Labute approximate surface area is 170 Å². The van der Waals surface area contributed by atoms with Crippen molar-refractivity contribution in [3.63, 3.8) is 0 Å². The summed E-state index contributed by atoms with van der Waals surface area (Å²) in [6.45, 7) is 1.43. The molecule has 0 radical (unpaired) electrons. The number of ether oxygens (including phenoxy) is 1. The van der Waals surface area contributed by atoms with E-state index >= 15 is 0 Å². The van der Waals surface area contributed by atoms with Crippen LogP contribution in [0.1, 0.15) is 27.9 Å². The molecule has 2 aromatic carbocycles. The van der Waals surface area contributed by atoms with Crippen LogP contribution in [0.2, 0.25) is 0 Å². The van der Waals surface area contributed by atoms with Crippen molar-refractivity contribution < 1.29 is 9.53 Å². The maximum absolute atomic E-state index is 12.9. The Balaban J connectivity index is 1.36. The molecule has 1 N–H and O–H groups in total. The van der Waals surface area contributed by atoms with Crippen molar-refractivity contribution in [1.82, 2.24) is 9.97 Å². The molecule has 4 rings (SSSR count). The molecule has 0 saturated heterocycles. The number of fused-ring (bicyclic) bond motifs is 1. The van der Waals surface area contributed by atoms with Gasteiger partial charge in [-0.05, 0) is 48.6 Å². The van der Waals surface area contributed by atoms with Gasteiger partial charge in [-0.3, -0.25) is 4.79 Å². The van der Waals surface area contributed by atoms with Crippen molar-refractivity contribution in [1.29, 1.82) is 0 Å². The van der Waals surface area contributed by atoms with Crippen LogP contribution in [-0.4, -0.2) is 36.1 Å². The Kier molecular flexibility index (Phi) is 5.70. The minimum atomic E-state index is -0.0538. The fourth-order valence-electron chi connectivity index (χ4n) is 3.54. The first-order valence-corrected chi connectivity index (χ1v) is 9.83. The highest BCUT2D eigenvalue weighted by Crippen LogP contribution is 2.27. The van der Waals surface area contributed by atoms with Gasteiger partial charge in [0, 0.05) is 31.2 Å². The Morgan fingerprint density at radius 1 is 1.10 bits per heavy atom. The van der Waals surface area contributed by atoms with Crippen molar-refractivity contribution in [3.8, 4) is 5.75 Å². The van der Waals surface area contributed by atoms with Crippen LogP contribution in [0.25, 0.3) is 0 Å². The van der Waals surface area contributed by atoms with E-state index in [0.717, 1.165) is 37.2 Å². The number of benzene rings is 2. The van der Waals surface area contributed by atoms with Gasteiger partial charge in [-0.1, -0.05) is 30.3 Å². The zero-order valence-corrected chi connectivity index (χ0v) is 16.5. The molecule has 1 aliphatic rings. The van der Waals surface area contributed by atoms with Gasteiger partial charge in [0.05, 0.1) is 12.7 Å². The van der Waals surface area contributed by atoms with Crippen molar-refractivity contribution in [3.05, 3.63) is 77.6 Å². The molecule has 6 heteroatoms. The predicted octanol–water partition coefficient (Wildman–Crippen LogP) is 3.73. The van der Waals surface area contributed by atoms with E-state index in [1.54, 1.807) is 19.5 Å². The Bertz CT molecular complexity index is 971. The predicted molar refractivity (Wildman–Crippen MR) is 114 cm³/mol. The number of amides is 1. The molecule has 0 bridgehead atoms. The summed E-state index contributed by atoms with van der Waals surface area (Å²) in [6.07, 6.45) is 6.02. The zero-order chi connectivity index (χ0) is 20.1. The topological polar surface area (TPSA) is 67.3 Å². The summed E-state index contributed by atoms with van der Waals surface area (Å²) in [4.78, 5) is 23.4. The smallest absolute Gasteiger partial charge is 0.261 e. The number of aromatic nitrogens is 2. The molecule has 1 aliphatic heterocycles. The highest BCUT2D eigenvalue weighted by molar-refractivity contribution is 6.06. The number of para-hydroxylation sites is 1. The van der Waals surface area contributed by atoms with E-state index in [4.69, 9.17) is 4.74 Å². The van der Waals surface area contributed by atoms with Gasteiger partial charge in [-0.15, -0.1) is 0 Å². The Hall–Kier alpha value is -3.41. The summed E-state index contributed by atoms with van der Waals surface area (Å²) in [5.74, 6) is 1.32. The molecule has 29 heavy (non-hydrogen) atoms. The van der Waals surface area contributed by atoms with Crippen LogP contribution in [0.15, 0.2) is 60.9 Å². The lowest BCUT2D eigenvalue weighted by Gasteiger charge is -2.29. The first-order valence-electron chi connectivity index (χ1n) is 9.83. The monoisotopic (exact) mass is 388 g/mol. The Morgan fingerprint density at radius 2 is 1.86 bits per heavy atom. The number of carbonyl (C=O) groups is 1. The quantitative estimate of drug-likeness (QED) is 0.697. The second-order valence-electron chi connectivity index (χ2n) is 7.01. The number of methoxy groups -OCH3 is 1. The zero-order valence-electron chi connectivity index (χ0n) is 16.5. The molecule has 0 unspecified atom stereocenters. The molecule has 0 aliphatic carbocycles. The van der Waals surface area contributed by atoms with E-state index in [-0.39, 0.29) is 5.91 Å². The minimum absolute atomic E-state index is 0.0538. The van der Waals surface area contributed by atoms with Crippen molar-refractivity contribution in [2.24, 2.45) is 0 Å². The molecule has 0 saturated carbocycles. The molecule has 1 aromatic heterocycles. The maximum Gasteiger partial charge on any atom is 0.261 e. The molecule has 2 heterocycles. The first-order chi connectivity index (χ1) is 14.2. The Morgan fingerprint density at radius 3 is 2.62 bits per heavy atom. The van der Waals surface area contributed by atoms with Gasteiger partial charge < -0.3 is 15.0 Å². The number of carbonyl (C=O) groups excluding carboxylic acids is 1. The van der Waals surface area contributed by atoms with Crippen LogP contribution in [-0.2, 0) is 12.8 Å². The average molecular weight is 388 g/mol. The van der Waals surface area contributed by atoms with Crippen LogP contribution in [0.4, 0.5) is 11.6 Å². The number of rotatable bonds is 6. The van der Waals surface area contributed by atoms with E-state index in [9.17, 15) is 4.79 Å². The first kappa shape index (κ1) is 18.9. The second-order valence-corrected chi connectivity index (χ2v) is 7.01. The minimum Gasteiger partial charge on any atom is -0.497 e. The highest BCUT2D eigenvalue weighted by atomic mass is 16.5. The van der Waals surface area contributed by atoms with Gasteiger partial charge in [0.1, 0.15) is 5.75 Å². The summed E-state index contributed by atoms with van der Waals surface area (Å²) in [7, 11) is 1.66. The van der Waals surface area contributed by atoms with Crippen molar-refractivity contribution in [2.45, 2.75) is 19.3 Å². The number of nitrogens with one attached hydrogen (secondary N) is 1. The van der Waals surface area contributed by atoms with E-state index < -0.39 is 0 Å². The van der Waals surface area contributed by atoms with Crippen LogP contribution in [0, 0.1) is 0 Å². The maximum atomic E-state index is 12.9. The molecule has 0 atom stereocenters. The van der Waals surface area contributed by atoms with Gasteiger partial charge in [0.15, 0.2) is 0 Å². The number of hydrogen-bond donors (Lipinski definition) is 1. The van der Waals surface area contributed by atoms with E-state index in [2.05, 4.69) is 21.4 Å². The van der Waals surface area contributed by atoms with E-state index in [1.807, 2.05) is 47.4 Å². The van der Waals surface area contributed by atoms with E-state index in [0.29, 0.717) is 18.1 Å². The molecule has 148 valence electrons. The molecule has 0 spiro atoms. The van der Waals surface area contributed by atoms with Gasteiger partial charge in [-0.25, -0.2) is 9.97 Å². The number of anilines is 2. The summed E-state index contributed by atoms with van der Waals surface area (Å²) < 4.78 is 5.17. The van der Waals surface area contributed by atoms with Crippen LogP contribution < -0.4 is 15.0 Å². The number of aryl methyl sites for hydroxylation is 1. The lowest BCUT2D eigenvalue weighted by atomic mass is 10.0. The normalized spacial score (nSPS) is 12.9. The fourth-order valence-corrected chi connectivity index (χ4v) is 3.54. The molecule has 0 fully saturated rings. The highest BCUT2D eigenvalue weighted by Gasteiger charge is 2.23. The third kappa shape index (κ3) is 4.37. The summed E-state index contributed by atoms with van der Waals surface area (Å²) >= 11 is 0. The van der Waals surface area contributed by atoms with Gasteiger partial charge in [0.25, 0.3) is 5.91 Å². The second kappa shape index (κ2) is 8.73. The van der Waals surface area contributed by atoms with E-state index in [1.165, 1.54) is 11.1 Å². The molecular weight excluding hydrogens is 364 g/mol. The number of nitrogens with zero attached hydrogens (tertiary/aromatic N) is 3. The standard InChI is InChI=1S/C23H24N4O2/c1-29-20-10-8-17(9-11-20)12-13-24-23-25-15-19(16-26-23)22(28)27-14-4-6-18-5-2-3-7-21(18)27/h2-3,5,7-11,15-16H,4,6,12-14H2,1H3,(H,24,25,26). The van der Waals surface area contributed by atoms with Gasteiger partial charge in [0.2, 0.25) is 5.95 Å². The lowest BCUT2D eigenvalue weighted by molar-refractivity contribution is 0.0984. The summed E-state index contributed by atoms with van der Waals surface area (Å²) in [6, 6.07) is 16.1. The largest absolute Gasteiger partial charge is 0.497 e. The molecule has 6 nitrogen and oxygen atoms in total. The molecule has 3 aromatic rings. The van der Waals surface area contributed by atoms with Gasteiger partial charge in [-0.2, -0.15) is 0 Å². The lowest BCUT2D eigenvalue weighted by Crippen LogP contribution is -2.35. The summed E-state index contributed by atoms with van der Waals surface area (Å²) in [5, 5.41) is 3.20. The number of hydrogen-bond acceptors (Lipinski definition) is 5. The SMILES string of the molecule is COc1ccc(CCNc2ncc(C(=O)N3CCCc4ccccc43)cn2)cc1. The van der Waals surface area contributed by atoms with Crippen LogP contribution in [0.5, 0.6) is 5.75 Å². The fraction of sp³-hybridized carbons (Fsp3) is 0.261. The molecule has 1 amide bonds. The summed E-state index contributed by atoms with van der Waals surface area (Å²) in [5.41, 5.74) is 3.91.